The molecule has 4 unspecified atom stereocenters. The van der Waals surface area contributed by atoms with Crippen LogP contribution >= 0.6 is 6.72 Å². The molecule has 2 rings (SSSR count). The Hall–Kier alpha value is 0.0339. The number of ether oxygens (including phenoxy) is 2. The molecule has 2 heterocycles. The van der Waals surface area contributed by atoms with Crippen LogP contribution in [0.4, 0.5) is 5.82 Å². The van der Waals surface area contributed by atoms with Crippen molar-refractivity contribution < 1.29 is 61.2 Å². The van der Waals surface area contributed by atoms with Gasteiger partial charge in [-0.05, 0) is 0 Å². The van der Waals surface area contributed by atoms with Crippen LogP contribution in [0.1, 0.15) is 20.1 Å². The van der Waals surface area contributed by atoms with Gasteiger partial charge in [0.25, 0.3) is 0 Å². The Bertz CT molecular complexity index is 677. The smallest absolute Gasteiger partial charge is 0.351 e. The van der Waals surface area contributed by atoms with Gasteiger partial charge in [-0.25, -0.2) is 4.79 Å². The molecule has 141 valence electrons. The summed E-state index contributed by atoms with van der Waals surface area (Å²) in [6, 6.07) is 0. The van der Waals surface area contributed by atoms with Crippen molar-refractivity contribution in [2.24, 2.45) is 0 Å². The first kappa shape index (κ1) is 25.0. The van der Waals surface area contributed by atoms with Crippen LogP contribution in [0.15, 0.2) is 11.0 Å². The quantitative estimate of drug-likeness (QED) is 0.532. The summed E-state index contributed by atoms with van der Waals surface area (Å²) in [4.78, 5) is 27.2. The van der Waals surface area contributed by atoms with E-state index in [9.17, 15) is 14.8 Å². The summed E-state index contributed by atoms with van der Waals surface area (Å²) in [5.41, 5.74) is 4.67. The summed E-state index contributed by atoms with van der Waals surface area (Å²) < 4.78 is 21.7. The number of nitrogens with two attached hydrogens (primary N) is 1. The number of methoxy groups -OCH3 is 1. The van der Waals surface area contributed by atoms with Crippen molar-refractivity contribution in [2.75, 3.05) is 26.6 Å². The molecule has 1 saturated heterocycles. The van der Waals surface area contributed by atoms with Crippen molar-refractivity contribution >= 4 is 24.3 Å². The van der Waals surface area contributed by atoms with Crippen LogP contribution in [-0.2, 0) is 63.0 Å². The summed E-state index contributed by atoms with van der Waals surface area (Å²) in [7, 11) is 2.64. The number of hydrogen-bond donors (Lipinski definition) is 2. The Labute approximate surface area is 175 Å². The number of nitrogen functional groups attached to an aromatic ring is 1. The van der Waals surface area contributed by atoms with Crippen molar-refractivity contribution in [1.82, 2.24) is 9.55 Å². The minimum atomic E-state index is -3.66. The molecule has 13 heteroatoms. The van der Waals surface area contributed by atoms with Gasteiger partial charge in [0.15, 0.2) is 11.6 Å². The molecule has 1 radical (unpaired) electrons. The van der Waals surface area contributed by atoms with E-state index in [0.717, 1.165) is 10.8 Å². The monoisotopic (exact) mass is 471 g/mol. The fraction of sp³-hybridized carbons (Fsp3) is 0.667. The molecule has 25 heavy (non-hydrogen) atoms. The normalized spacial score (nSPS) is 24.8. The van der Waals surface area contributed by atoms with Gasteiger partial charge in [-0.3, -0.25) is 4.57 Å². The minimum absolute atomic E-state index is 0. The summed E-state index contributed by atoms with van der Waals surface area (Å²) in [5, 5.41) is 9.60. The van der Waals surface area contributed by atoms with Gasteiger partial charge in [-0.15, -0.1) is 0 Å². The average molecular weight is 471 g/mol. The average Bonchev–Trinajstić information content (AvgIpc) is 2.85. The summed E-state index contributed by atoms with van der Waals surface area (Å²) in [6.07, 6.45) is -0.884. The van der Waals surface area contributed by atoms with E-state index in [2.05, 4.69) is 9.51 Å². The van der Waals surface area contributed by atoms with E-state index in [4.69, 9.17) is 31.5 Å². The number of nitrogens with zero attached hydrogens (tertiary/aromatic N) is 2. The molecule has 0 aromatic carbocycles. The zero-order chi connectivity index (χ0) is 17.2. The van der Waals surface area contributed by atoms with Crippen LogP contribution in [-0.4, -0.2) is 47.7 Å². The van der Waals surface area contributed by atoms with E-state index in [1.165, 1.54) is 14.2 Å². The molecule has 0 aliphatic carbocycles. The standard InChI is InChI=1S/C11H18N3O7PS.CH4.Y/c1-18-5-8-7(21-22(17,23)19-2)3-9(20-8)14-4-6(15)10(12)13-11(14)16;;/h4,7-9,15H,3,5H2,1-2H3,(H,17,23)(H2,12,13,16);1H4;/p-1. The van der Waals surface area contributed by atoms with E-state index >= 15 is 0 Å². The Morgan fingerprint density at radius 1 is 1.60 bits per heavy atom. The predicted octanol–water partition coefficient (Wildman–Crippen LogP) is -0.285. The molecule has 4 atom stereocenters. The second-order valence-corrected chi connectivity index (χ2v) is 7.61. The molecular weight excluding hydrogens is 450 g/mol. The van der Waals surface area contributed by atoms with Gasteiger partial charge < -0.3 is 34.3 Å². The Kier molecular flexibility index (Phi) is 10.4. The number of aromatic hydroxyl groups is 1. The Balaban J connectivity index is 0.00000288. The fourth-order valence-electron chi connectivity index (χ4n) is 2.18. The third-order valence-corrected chi connectivity index (χ3v) is 4.95. The van der Waals surface area contributed by atoms with E-state index in [1.807, 2.05) is 0 Å². The molecule has 0 spiro atoms. The molecule has 1 aromatic rings. The van der Waals surface area contributed by atoms with Crippen LogP contribution in [0.3, 0.4) is 0 Å². The first-order valence-electron chi connectivity index (χ1n) is 6.54. The Morgan fingerprint density at radius 2 is 2.24 bits per heavy atom. The third-order valence-electron chi connectivity index (χ3n) is 3.27. The van der Waals surface area contributed by atoms with Gasteiger partial charge in [0.05, 0.1) is 18.9 Å². The van der Waals surface area contributed by atoms with Gasteiger partial charge >= 0.3 is 5.69 Å². The first-order chi connectivity index (χ1) is 10.8. The van der Waals surface area contributed by atoms with Gasteiger partial charge in [-0.2, -0.15) is 4.98 Å². The molecule has 0 saturated carbocycles. The SMILES string of the molecule is C.COCC1OC(n2cc(O)c(N)nc2=O)CC1OP([O-])(=S)OC.[Y]. The maximum atomic E-state index is 11.9. The summed E-state index contributed by atoms with van der Waals surface area (Å²) >= 11 is 4.71. The second-order valence-electron chi connectivity index (χ2n) is 4.80. The zero-order valence-corrected chi connectivity index (χ0v) is 17.6. The van der Waals surface area contributed by atoms with E-state index in [-0.39, 0.29) is 64.7 Å². The maximum Gasteiger partial charge on any atom is 0.351 e. The maximum absolute atomic E-state index is 11.9. The summed E-state index contributed by atoms with van der Waals surface area (Å²) in [6.45, 7) is -3.53. The van der Waals surface area contributed by atoms with Crippen LogP contribution in [0.2, 0.25) is 0 Å². The Morgan fingerprint density at radius 3 is 2.80 bits per heavy atom. The molecule has 10 nitrogen and oxygen atoms in total. The van der Waals surface area contributed by atoms with Crippen LogP contribution < -0.4 is 16.3 Å². The largest absolute Gasteiger partial charge is 0.780 e. The number of hydrogen-bond acceptors (Lipinski definition) is 10. The van der Waals surface area contributed by atoms with Crippen molar-refractivity contribution in [3.63, 3.8) is 0 Å². The molecule has 1 aliphatic heterocycles. The predicted molar refractivity (Wildman–Crippen MR) is 87.9 cm³/mol. The number of rotatable bonds is 6. The molecule has 1 aromatic heterocycles. The van der Waals surface area contributed by atoms with E-state index in [1.54, 1.807) is 0 Å². The van der Waals surface area contributed by atoms with Gasteiger partial charge in [0, 0.05) is 53.3 Å². The van der Waals surface area contributed by atoms with E-state index < -0.39 is 30.8 Å². The van der Waals surface area contributed by atoms with Crippen molar-refractivity contribution in [3.8, 4) is 5.75 Å². The molecule has 0 bridgehead atoms. The zero-order valence-electron chi connectivity index (χ0n) is 13.0. The van der Waals surface area contributed by atoms with Crippen molar-refractivity contribution in [1.29, 1.82) is 0 Å². The van der Waals surface area contributed by atoms with Crippen LogP contribution in [0.5, 0.6) is 5.75 Å². The summed E-state index contributed by atoms with van der Waals surface area (Å²) in [5.74, 6) is -0.633. The van der Waals surface area contributed by atoms with Gasteiger partial charge in [0.1, 0.15) is 19.1 Å². The topological polar surface area (TPSA) is 141 Å². The van der Waals surface area contributed by atoms with Gasteiger partial charge in [0.2, 0.25) is 0 Å². The van der Waals surface area contributed by atoms with Crippen LogP contribution in [0, 0.1) is 0 Å². The molecule has 0 amide bonds. The molecule has 1 fully saturated rings. The van der Waals surface area contributed by atoms with Crippen molar-refractivity contribution in [3.05, 3.63) is 16.7 Å². The van der Waals surface area contributed by atoms with Gasteiger partial charge in [-0.1, -0.05) is 19.2 Å². The first-order valence-corrected chi connectivity index (χ1v) is 9.10. The molecule has 3 N–H and O–H groups in total. The molecule has 1 aliphatic rings. The molecular formula is C12H21N3O7PSY-. The number of anilines is 1. The number of aromatic nitrogens is 2. The second kappa shape index (κ2) is 10.4. The van der Waals surface area contributed by atoms with Crippen molar-refractivity contribution in [2.45, 2.75) is 32.3 Å². The minimum Gasteiger partial charge on any atom is -0.780 e. The third kappa shape index (κ3) is 6.30. The van der Waals surface area contributed by atoms with E-state index in [0.29, 0.717) is 0 Å². The van der Waals surface area contributed by atoms with Crippen LogP contribution in [0.25, 0.3) is 0 Å². The fourth-order valence-corrected chi connectivity index (χ4v) is 3.15.